The molecule has 15 heavy (non-hydrogen) atoms. The first-order chi connectivity index (χ1) is 7.22. The fraction of sp³-hybridized carbons (Fsp3) is 0.667. The van der Waals surface area contributed by atoms with Crippen LogP contribution in [0.1, 0.15) is 24.6 Å². The summed E-state index contributed by atoms with van der Waals surface area (Å²) in [6.07, 6.45) is 3.24. The zero-order valence-electron chi connectivity index (χ0n) is 9.61. The number of thiophene rings is 1. The highest BCUT2D eigenvalue weighted by Gasteiger charge is 2.09. The van der Waals surface area contributed by atoms with Crippen LogP contribution < -0.4 is 5.73 Å². The van der Waals surface area contributed by atoms with Gasteiger partial charge in [-0.1, -0.05) is 13.0 Å². The zero-order valence-corrected chi connectivity index (χ0v) is 10.4. The van der Waals surface area contributed by atoms with Crippen LogP contribution in [0.5, 0.6) is 0 Å². The molecule has 0 bridgehead atoms. The lowest BCUT2D eigenvalue weighted by molar-refractivity contribution is 0.151. The Balaban J connectivity index is 2.15. The van der Waals surface area contributed by atoms with E-state index in [-0.39, 0.29) is 0 Å². The summed E-state index contributed by atoms with van der Waals surface area (Å²) < 4.78 is 5.10. The van der Waals surface area contributed by atoms with Gasteiger partial charge in [0.25, 0.3) is 0 Å². The number of nitrogens with two attached hydrogens (primary N) is 1. The summed E-state index contributed by atoms with van der Waals surface area (Å²) in [6, 6.07) is 4.58. The molecule has 2 atom stereocenters. The monoisotopic (exact) mass is 227 g/mol. The number of methoxy groups -OCH3 is 1. The number of ether oxygens (including phenoxy) is 1. The van der Waals surface area contributed by atoms with Gasteiger partial charge >= 0.3 is 0 Å². The predicted molar refractivity (Wildman–Crippen MR) is 66.3 cm³/mol. The standard InChI is InChI=1S/C12H21NOS/c1-10(9-14-2)8-11(13)5-6-12-4-3-7-15-12/h3-4,7,10-11H,5-6,8-9,13H2,1-2H3. The minimum absolute atomic E-state index is 0.303. The molecule has 1 aromatic rings. The van der Waals surface area contributed by atoms with E-state index in [0.717, 1.165) is 25.9 Å². The SMILES string of the molecule is COCC(C)CC(N)CCc1cccs1. The maximum atomic E-state index is 6.07. The highest BCUT2D eigenvalue weighted by Crippen LogP contribution is 2.14. The summed E-state index contributed by atoms with van der Waals surface area (Å²) in [4.78, 5) is 1.44. The molecule has 0 aliphatic carbocycles. The second kappa shape index (κ2) is 6.99. The lowest BCUT2D eigenvalue weighted by atomic mass is 9.99. The Labute approximate surface area is 96.4 Å². The molecule has 0 saturated heterocycles. The van der Waals surface area contributed by atoms with Crippen LogP contribution in [0.25, 0.3) is 0 Å². The normalized spacial score (nSPS) is 15.1. The van der Waals surface area contributed by atoms with Gasteiger partial charge in [-0.15, -0.1) is 11.3 Å². The Kier molecular flexibility index (Phi) is 5.91. The van der Waals surface area contributed by atoms with Crippen molar-refractivity contribution in [1.82, 2.24) is 0 Å². The molecule has 3 heteroatoms. The molecule has 0 fully saturated rings. The second-order valence-electron chi connectivity index (χ2n) is 4.17. The molecule has 1 rings (SSSR count). The van der Waals surface area contributed by atoms with E-state index in [2.05, 4.69) is 24.4 Å². The van der Waals surface area contributed by atoms with Crippen LogP contribution in [-0.4, -0.2) is 19.8 Å². The van der Waals surface area contributed by atoms with E-state index in [1.165, 1.54) is 4.88 Å². The molecule has 0 aliphatic heterocycles. The fourth-order valence-corrected chi connectivity index (χ4v) is 2.49. The molecule has 2 nitrogen and oxygen atoms in total. The Morgan fingerprint density at radius 3 is 2.93 bits per heavy atom. The van der Waals surface area contributed by atoms with E-state index in [0.29, 0.717) is 12.0 Å². The zero-order chi connectivity index (χ0) is 11.1. The van der Waals surface area contributed by atoms with E-state index < -0.39 is 0 Å². The molecule has 86 valence electrons. The number of aryl methyl sites for hydroxylation is 1. The lowest BCUT2D eigenvalue weighted by Gasteiger charge is -2.16. The molecular weight excluding hydrogens is 206 g/mol. The van der Waals surface area contributed by atoms with E-state index in [1.807, 2.05) is 11.3 Å². The average Bonchev–Trinajstić information content (AvgIpc) is 2.67. The van der Waals surface area contributed by atoms with Gasteiger partial charge in [-0.2, -0.15) is 0 Å². The number of hydrogen-bond donors (Lipinski definition) is 1. The summed E-state index contributed by atoms with van der Waals surface area (Å²) in [5.41, 5.74) is 6.07. The highest BCUT2D eigenvalue weighted by molar-refractivity contribution is 7.09. The van der Waals surface area contributed by atoms with Crippen molar-refractivity contribution in [2.24, 2.45) is 11.7 Å². The van der Waals surface area contributed by atoms with E-state index >= 15 is 0 Å². The van der Waals surface area contributed by atoms with Gasteiger partial charge in [0.1, 0.15) is 0 Å². The molecule has 2 unspecified atom stereocenters. The predicted octanol–water partition coefficient (Wildman–Crippen LogP) is 2.68. The number of hydrogen-bond acceptors (Lipinski definition) is 3. The third-order valence-electron chi connectivity index (χ3n) is 2.50. The molecule has 0 saturated carbocycles. The van der Waals surface area contributed by atoms with Crippen molar-refractivity contribution in [2.75, 3.05) is 13.7 Å². The first kappa shape index (κ1) is 12.7. The molecule has 0 aromatic carbocycles. The van der Waals surface area contributed by atoms with Crippen LogP contribution in [0.15, 0.2) is 17.5 Å². The molecule has 0 radical (unpaired) electrons. The second-order valence-corrected chi connectivity index (χ2v) is 5.21. The average molecular weight is 227 g/mol. The van der Waals surface area contributed by atoms with Crippen LogP contribution in [-0.2, 0) is 11.2 Å². The number of rotatable bonds is 7. The van der Waals surface area contributed by atoms with Crippen molar-refractivity contribution < 1.29 is 4.74 Å². The molecular formula is C12H21NOS. The van der Waals surface area contributed by atoms with Crippen LogP contribution in [0, 0.1) is 5.92 Å². The lowest BCUT2D eigenvalue weighted by Crippen LogP contribution is -2.24. The Morgan fingerprint density at radius 2 is 2.33 bits per heavy atom. The summed E-state index contributed by atoms with van der Waals surface area (Å²) in [7, 11) is 1.74. The van der Waals surface area contributed by atoms with Crippen molar-refractivity contribution in [1.29, 1.82) is 0 Å². The van der Waals surface area contributed by atoms with Gasteiger partial charge in [0, 0.05) is 24.6 Å². The van der Waals surface area contributed by atoms with E-state index in [1.54, 1.807) is 7.11 Å². The van der Waals surface area contributed by atoms with Gasteiger partial charge in [0.05, 0.1) is 0 Å². The molecule has 0 aliphatic rings. The molecule has 0 amide bonds. The third kappa shape index (κ3) is 5.30. The van der Waals surface area contributed by atoms with Crippen LogP contribution in [0.2, 0.25) is 0 Å². The van der Waals surface area contributed by atoms with E-state index in [4.69, 9.17) is 10.5 Å². The molecule has 0 spiro atoms. The van der Waals surface area contributed by atoms with Crippen molar-refractivity contribution in [2.45, 2.75) is 32.2 Å². The summed E-state index contributed by atoms with van der Waals surface area (Å²) in [5, 5.41) is 2.12. The minimum Gasteiger partial charge on any atom is -0.384 e. The van der Waals surface area contributed by atoms with Crippen LogP contribution in [0.3, 0.4) is 0 Å². The van der Waals surface area contributed by atoms with Crippen LogP contribution >= 0.6 is 11.3 Å². The summed E-state index contributed by atoms with van der Waals surface area (Å²) in [6.45, 7) is 3.00. The molecule has 1 aromatic heterocycles. The first-order valence-electron chi connectivity index (χ1n) is 5.49. The Bertz CT molecular complexity index is 248. The largest absolute Gasteiger partial charge is 0.384 e. The Hall–Kier alpha value is -0.380. The van der Waals surface area contributed by atoms with Gasteiger partial charge in [0.15, 0.2) is 0 Å². The maximum absolute atomic E-state index is 6.07. The molecule has 1 heterocycles. The molecule has 2 N–H and O–H groups in total. The third-order valence-corrected chi connectivity index (χ3v) is 3.43. The smallest absolute Gasteiger partial charge is 0.0488 e. The van der Waals surface area contributed by atoms with Crippen molar-refractivity contribution >= 4 is 11.3 Å². The van der Waals surface area contributed by atoms with Crippen molar-refractivity contribution in [3.05, 3.63) is 22.4 Å². The first-order valence-corrected chi connectivity index (χ1v) is 6.37. The van der Waals surface area contributed by atoms with Crippen molar-refractivity contribution in [3.63, 3.8) is 0 Å². The van der Waals surface area contributed by atoms with E-state index in [9.17, 15) is 0 Å². The van der Waals surface area contributed by atoms with Gasteiger partial charge in [0.2, 0.25) is 0 Å². The summed E-state index contributed by atoms with van der Waals surface area (Å²) >= 11 is 1.81. The van der Waals surface area contributed by atoms with Gasteiger partial charge in [-0.3, -0.25) is 0 Å². The minimum atomic E-state index is 0.303. The quantitative estimate of drug-likeness (QED) is 0.777. The topological polar surface area (TPSA) is 35.2 Å². The fourth-order valence-electron chi connectivity index (χ4n) is 1.77. The van der Waals surface area contributed by atoms with Crippen LogP contribution in [0.4, 0.5) is 0 Å². The maximum Gasteiger partial charge on any atom is 0.0488 e. The summed E-state index contributed by atoms with van der Waals surface area (Å²) in [5.74, 6) is 0.563. The van der Waals surface area contributed by atoms with Gasteiger partial charge < -0.3 is 10.5 Å². The van der Waals surface area contributed by atoms with Gasteiger partial charge in [-0.05, 0) is 36.6 Å². The van der Waals surface area contributed by atoms with Gasteiger partial charge in [-0.25, -0.2) is 0 Å². The Morgan fingerprint density at radius 1 is 1.53 bits per heavy atom. The highest BCUT2D eigenvalue weighted by atomic mass is 32.1. The van der Waals surface area contributed by atoms with Crippen molar-refractivity contribution in [3.8, 4) is 0 Å².